The van der Waals surface area contributed by atoms with E-state index in [1.807, 2.05) is 25.6 Å². The van der Waals surface area contributed by atoms with Crippen LogP contribution < -0.4 is 11.1 Å². The smallest absolute Gasteiger partial charge is 0.144 e. The Hall–Kier alpha value is -0.420. The Morgan fingerprint density at radius 2 is 1.79 bits per heavy atom. The normalized spacial score (nSPS) is 12.9. The van der Waals surface area contributed by atoms with Crippen LogP contribution in [0.15, 0.2) is 5.16 Å². The van der Waals surface area contributed by atoms with E-state index in [2.05, 4.69) is 16.7 Å². The van der Waals surface area contributed by atoms with Gasteiger partial charge in [-0.3, -0.25) is 0 Å². The van der Waals surface area contributed by atoms with E-state index >= 15 is 0 Å². The molecule has 114 valence electrons. The monoisotopic (exact) mass is 289 g/mol. The summed E-state index contributed by atoms with van der Waals surface area (Å²) in [6.07, 6.45) is 9.29. The van der Waals surface area contributed by atoms with Crippen molar-refractivity contribution in [2.75, 3.05) is 25.1 Å². The van der Waals surface area contributed by atoms with Crippen LogP contribution in [0.25, 0.3) is 0 Å². The number of hydrogen-bond donors (Lipinski definition) is 3. The highest BCUT2D eigenvalue weighted by molar-refractivity contribution is 7.98. The summed E-state index contributed by atoms with van der Waals surface area (Å²) in [5.41, 5.74) is 5.45. The predicted molar refractivity (Wildman–Crippen MR) is 86.1 cm³/mol. The van der Waals surface area contributed by atoms with Gasteiger partial charge >= 0.3 is 0 Å². The Morgan fingerprint density at radius 1 is 1.16 bits per heavy atom. The highest BCUT2D eigenvalue weighted by Crippen LogP contribution is 2.22. The van der Waals surface area contributed by atoms with Gasteiger partial charge in [0.05, 0.1) is 0 Å². The van der Waals surface area contributed by atoms with Crippen molar-refractivity contribution in [2.24, 2.45) is 16.3 Å². The number of hydrogen-bond acceptors (Lipinski definition) is 4. The van der Waals surface area contributed by atoms with E-state index in [0.29, 0.717) is 5.84 Å². The molecule has 0 amide bonds. The lowest BCUT2D eigenvalue weighted by Crippen LogP contribution is -2.32. The molecule has 0 fully saturated rings. The second-order valence-electron chi connectivity index (χ2n) is 5.63. The van der Waals surface area contributed by atoms with Crippen LogP contribution in [0.2, 0.25) is 0 Å². The molecular weight excluding hydrogens is 258 g/mol. The maximum Gasteiger partial charge on any atom is 0.144 e. The van der Waals surface area contributed by atoms with Gasteiger partial charge in [-0.15, -0.1) is 0 Å². The molecule has 0 atom stereocenters. The Balaban J connectivity index is 3.36. The van der Waals surface area contributed by atoms with Gasteiger partial charge in [-0.2, -0.15) is 11.8 Å². The number of thioether (sulfide) groups is 1. The first-order valence-corrected chi connectivity index (χ1v) is 8.61. The van der Waals surface area contributed by atoms with Crippen molar-refractivity contribution in [3.05, 3.63) is 0 Å². The third kappa shape index (κ3) is 10.1. The number of nitrogens with zero attached hydrogens (tertiary/aromatic N) is 1. The van der Waals surface area contributed by atoms with Gasteiger partial charge in [0, 0.05) is 5.41 Å². The maximum atomic E-state index is 8.68. The van der Waals surface area contributed by atoms with E-state index in [1.54, 1.807) is 0 Å². The summed E-state index contributed by atoms with van der Waals surface area (Å²) in [6, 6.07) is 0. The Bertz CT molecular complexity index is 245. The molecule has 0 heterocycles. The first-order valence-electron chi connectivity index (χ1n) is 7.22. The maximum absolute atomic E-state index is 8.68. The molecule has 4 nitrogen and oxygen atoms in total. The predicted octanol–water partition coefficient (Wildman–Crippen LogP) is 3.05. The molecule has 0 rings (SSSR count). The molecule has 0 aromatic carbocycles. The van der Waals surface area contributed by atoms with Crippen molar-refractivity contribution in [2.45, 2.75) is 52.4 Å². The average Bonchev–Trinajstić information content (AvgIpc) is 2.39. The largest absolute Gasteiger partial charge is 0.409 e. The van der Waals surface area contributed by atoms with E-state index in [1.165, 1.54) is 25.0 Å². The second kappa shape index (κ2) is 11.4. The zero-order valence-electron chi connectivity index (χ0n) is 12.7. The van der Waals surface area contributed by atoms with Crippen LogP contribution >= 0.6 is 11.8 Å². The number of unbranched alkanes of at least 4 members (excludes halogenated alkanes) is 3. The number of rotatable bonds is 12. The average molecular weight is 289 g/mol. The molecule has 0 aromatic rings. The van der Waals surface area contributed by atoms with Crippen molar-refractivity contribution < 1.29 is 5.21 Å². The molecule has 19 heavy (non-hydrogen) atoms. The number of oxime groups is 1. The number of nitrogens with two attached hydrogens (primary N) is 1. The van der Waals surface area contributed by atoms with Crippen molar-refractivity contribution in [3.8, 4) is 0 Å². The third-order valence-electron chi connectivity index (χ3n) is 3.41. The standard InChI is InChI=1S/C14H31N3OS/c1-14(2,13(15)17-18)9-5-7-11-16-10-6-4-8-12-19-3/h16,18H,4-12H2,1-3H3,(H2,15,17). The zero-order valence-corrected chi connectivity index (χ0v) is 13.6. The molecule has 0 bridgehead atoms. The summed E-state index contributed by atoms with van der Waals surface area (Å²) in [7, 11) is 0. The molecule has 0 saturated heterocycles. The quantitative estimate of drug-likeness (QED) is 0.170. The Morgan fingerprint density at radius 3 is 2.37 bits per heavy atom. The van der Waals surface area contributed by atoms with E-state index in [0.717, 1.165) is 32.4 Å². The molecular formula is C14H31N3OS. The molecule has 0 unspecified atom stereocenters. The van der Waals surface area contributed by atoms with E-state index in [4.69, 9.17) is 10.9 Å². The summed E-state index contributed by atoms with van der Waals surface area (Å²) in [6.45, 7) is 6.22. The minimum Gasteiger partial charge on any atom is -0.409 e. The summed E-state index contributed by atoms with van der Waals surface area (Å²) < 4.78 is 0. The van der Waals surface area contributed by atoms with Crippen molar-refractivity contribution in [3.63, 3.8) is 0 Å². The van der Waals surface area contributed by atoms with Gasteiger partial charge in [0.2, 0.25) is 0 Å². The lowest BCUT2D eigenvalue weighted by molar-refractivity contribution is 0.304. The summed E-state index contributed by atoms with van der Waals surface area (Å²) in [5, 5.41) is 15.3. The summed E-state index contributed by atoms with van der Waals surface area (Å²) >= 11 is 1.92. The minimum absolute atomic E-state index is 0.202. The lowest BCUT2D eigenvalue weighted by Gasteiger charge is -2.22. The summed E-state index contributed by atoms with van der Waals surface area (Å²) in [5.74, 6) is 1.61. The van der Waals surface area contributed by atoms with Crippen LogP contribution in [0, 0.1) is 5.41 Å². The van der Waals surface area contributed by atoms with Crippen molar-refractivity contribution in [1.29, 1.82) is 0 Å². The number of amidine groups is 1. The van der Waals surface area contributed by atoms with Gasteiger partial charge in [0.1, 0.15) is 5.84 Å². The van der Waals surface area contributed by atoms with E-state index in [-0.39, 0.29) is 5.41 Å². The van der Waals surface area contributed by atoms with Crippen LogP contribution in [0.3, 0.4) is 0 Å². The first kappa shape index (κ1) is 18.6. The Kier molecular flexibility index (Phi) is 11.2. The molecule has 0 aromatic heterocycles. The third-order valence-corrected chi connectivity index (χ3v) is 4.11. The topological polar surface area (TPSA) is 70.6 Å². The van der Waals surface area contributed by atoms with Gasteiger partial charge < -0.3 is 16.3 Å². The van der Waals surface area contributed by atoms with Crippen LogP contribution in [0.1, 0.15) is 52.4 Å². The molecule has 0 aliphatic heterocycles. The zero-order chi connectivity index (χ0) is 14.6. The molecule has 0 aliphatic carbocycles. The van der Waals surface area contributed by atoms with Crippen LogP contribution in [0.5, 0.6) is 0 Å². The van der Waals surface area contributed by atoms with Crippen molar-refractivity contribution >= 4 is 17.6 Å². The molecule has 0 radical (unpaired) electrons. The molecule has 0 saturated carbocycles. The van der Waals surface area contributed by atoms with E-state index < -0.39 is 0 Å². The van der Waals surface area contributed by atoms with Crippen LogP contribution in [-0.2, 0) is 0 Å². The van der Waals surface area contributed by atoms with Gasteiger partial charge in [-0.25, -0.2) is 0 Å². The highest BCUT2D eigenvalue weighted by atomic mass is 32.2. The SMILES string of the molecule is CSCCCCCNCCCCC(C)(C)C(N)=NO. The van der Waals surface area contributed by atoms with Crippen LogP contribution in [0.4, 0.5) is 0 Å². The molecule has 5 heteroatoms. The number of nitrogens with one attached hydrogen (secondary N) is 1. The van der Waals surface area contributed by atoms with Gasteiger partial charge in [0.15, 0.2) is 0 Å². The van der Waals surface area contributed by atoms with Gasteiger partial charge in [-0.05, 0) is 50.8 Å². The van der Waals surface area contributed by atoms with Gasteiger partial charge in [-0.1, -0.05) is 31.8 Å². The van der Waals surface area contributed by atoms with Gasteiger partial charge in [0.25, 0.3) is 0 Å². The second-order valence-corrected chi connectivity index (χ2v) is 6.62. The van der Waals surface area contributed by atoms with E-state index in [9.17, 15) is 0 Å². The lowest BCUT2D eigenvalue weighted by atomic mass is 9.86. The summed E-state index contributed by atoms with van der Waals surface area (Å²) in [4.78, 5) is 0. The molecule has 0 aliphatic rings. The fourth-order valence-electron chi connectivity index (χ4n) is 1.88. The van der Waals surface area contributed by atoms with Crippen molar-refractivity contribution in [1.82, 2.24) is 5.32 Å². The minimum atomic E-state index is -0.202. The highest BCUT2D eigenvalue weighted by Gasteiger charge is 2.22. The van der Waals surface area contributed by atoms with Crippen LogP contribution in [-0.4, -0.2) is 36.1 Å². The fraction of sp³-hybridized carbons (Fsp3) is 0.929. The Labute approximate surface area is 122 Å². The fourth-order valence-corrected chi connectivity index (χ4v) is 2.37. The molecule has 4 N–H and O–H groups in total. The molecule has 0 spiro atoms. The first-order chi connectivity index (χ1) is 9.04.